The van der Waals surface area contributed by atoms with E-state index in [0.29, 0.717) is 6.42 Å². The van der Waals surface area contributed by atoms with Gasteiger partial charge in [0, 0.05) is 4.88 Å². The molecule has 2 unspecified atom stereocenters. The number of hydrogen-bond acceptors (Lipinski definition) is 5. The zero-order valence-electron chi connectivity index (χ0n) is 18.4. The minimum atomic E-state index is -0.595. The first-order valence-corrected chi connectivity index (χ1v) is 11.1. The fourth-order valence-electron chi connectivity index (χ4n) is 3.36. The van der Waals surface area contributed by atoms with Gasteiger partial charge in [0.25, 0.3) is 0 Å². The molecule has 1 heterocycles. The summed E-state index contributed by atoms with van der Waals surface area (Å²) in [4.78, 5) is 7.91. The van der Waals surface area contributed by atoms with Crippen molar-refractivity contribution < 1.29 is 9.94 Å². The molecule has 1 aromatic carbocycles. The largest absolute Gasteiger partial charge is 0.394 e. The van der Waals surface area contributed by atoms with E-state index in [0.717, 1.165) is 5.56 Å². The van der Waals surface area contributed by atoms with Crippen LogP contribution in [0.1, 0.15) is 70.5 Å². The van der Waals surface area contributed by atoms with Crippen LogP contribution >= 0.6 is 11.3 Å². The van der Waals surface area contributed by atoms with Crippen LogP contribution in [0.4, 0.5) is 0 Å². The average Bonchev–Trinajstić information content (AvgIpc) is 3.21. The lowest BCUT2D eigenvalue weighted by Crippen LogP contribution is -2.50. The summed E-state index contributed by atoms with van der Waals surface area (Å²) >= 11 is 1.70. The minimum absolute atomic E-state index is 0.00596. The predicted octanol–water partition coefficient (Wildman–Crippen LogP) is 6.13. The first-order valence-electron chi connectivity index (χ1n) is 10.2. The second kappa shape index (κ2) is 9.86. The molecule has 2 atom stereocenters. The molecule has 4 nitrogen and oxygen atoms in total. The average molecular weight is 415 g/mol. The molecule has 0 saturated carbocycles. The van der Waals surface area contributed by atoms with E-state index in [1.54, 1.807) is 11.3 Å². The fourth-order valence-corrected chi connectivity index (χ4v) is 4.34. The van der Waals surface area contributed by atoms with Gasteiger partial charge in [0.2, 0.25) is 0 Å². The summed E-state index contributed by atoms with van der Waals surface area (Å²) in [6.07, 6.45) is 0.263. The van der Waals surface area contributed by atoms with E-state index < -0.39 is 11.0 Å². The van der Waals surface area contributed by atoms with Gasteiger partial charge in [0.1, 0.15) is 6.10 Å². The fraction of sp³-hybridized carbons (Fsp3) is 0.542. The topological polar surface area (TPSA) is 56.5 Å². The SMILES string of the molecule is CC(C)C(c1cccs1)N(OC(CC(C)(C)C#N)c1ccccc1)C(C)(C)CO. The van der Waals surface area contributed by atoms with Crippen LogP contribution in [-0.4, -0.2) is 22.3 Å². The van der Waals surface area contributed by atoms with Crippen LogP contribution in [-0.2, 0) is 4.84 Å². The summed E-state index contributed by atoms with van der Waals surface area (Å²) in [5, 5.41) is 23.8. The number of nitriles is 1. The molecule has 0 aliphatic carbocycles. The third-order valence-corrected chi connectivity index (χ3v) is 6.06. The smallest absolute Gasteiger partial charge is 0.106 e. The number of rotatable bonds is 10. The van der Waals surface area contributed by atoms with E-state index in [1.807, 2.05) is 69.2 Å². The number of aliphatic hydroxyl groups excluding tert-OH is 1. The molecule has 1 aromatic heterocycles. The number of hydroxylamine groups is 2. The maximum atomic E-state index is 10.2. The van der Waals surface area contributed by atoms with E-state index in [4.69, 9.17) is 4.84 Å². The van der Waals surface area contributed by atoms with Gasteiger partial charge in [0.05, 0.1) is 29.7 Å². The Balaban J connectivity index is 2.49. The van der Waals surface area contributed by atoms with Gasteiger partial charge in [-0.25, -0.2) is 0 Å². The van der Waals surface area contributed by atoms with Crippen molar-refractivity contribution in [1.82, 2.24) is 5.06 Å². The van der Waals surface area contributed by atoms with Crippen molar-refractivity contribution in [2.45, 2.75) is 65.6 Å². The lowest BCUT2D eigenvalue weighted by atomic mass is 9.86. The number of benzene rings is 1. The van der Waals surface area contributed by atoms with Crippen molar-refractivity contribution in [3.8, 4) is 6.07 Å². The van der Waals surface area contributed by atoms with Crippen molar-refractivity contribution in [3.63, 3.8) is 0 Å². The van der Waals surface area contributed by atoms with Crippen LogP contribution in [0.5, 0.6) is 0 Å². The molecule has 0 aliphatic rings. The molecule has 0 fully saturated rings. The Hall–Kier alpha value is -1.71. The van der Waals surface area contributed by atoms with Gasteiger partial charge >= 0.3 is 0 Å². The molecule has 0 aliphatic heterocycles. The van der Waals surface area contributed by atoms with E-state index in [9.17, 15) is 10.4 Å². The molecule has 2 rings (SSSR count). The molecule has 158 valence electrons. The number of thiophene rings is 1. The molecular formula is C24H34N2O2S. The molecular weight excluding hydrogens is 380 g/mol. The highest BCUT2D eigenvalue weighted by molar-refractivity contribution is 7.10. The van der Waals surface area contributed by atoms with Gasteiger partial charge in [-0.05, 0) is 57.0 Å². The van der Waals surface area contributed by atoms with Gasteiger partial charge < -0.3 is 5.11 Å². The molecule has 0 spiro atoms. The van der Waals surface area contributed by atoms with Crippen LogP contribution in [0, 0.1) is 22.7 Å². The third kappa shape index (κ3) is 6.13. The molecule has 0 saturated heterocycles. The van der Waals surface area contributed by atoms with Gasteiger partial charge in [0.15, 0.2) is 0 Å². The summed E-state index contributed by atoms with van der Waals surface area (Å²) in [7, 11) is 0. The number of aliphatic hydroxyl groups is 1. The Morgan fingerprint density at radius 2 is 1.76 bits per heavy atom. The number of hydrogen-bond donors (Lipinski definition) is 1. The molecule has 0 radical (unpaired) electrons. The molecule has 1 N–H and O–H groups in total. The second-order valence-electron chi connectivity index (χ2n) is 9.21. The second-order valence-corrected chi connectivity index (χ2v) is 10.2. The van der Waals surface area contributed by atoms with E-state index in [2.05, 4.69) is 31.4 Å². The van der Waals surface area contributed by atoms with Crippen LogP contribution < -0.4 is 0 Å². The van der Waals surface area contributed by atoms with Gasteiger partial charge in [-0.2, -0.15) is 10.3 Å². The van der Waals surface area contributed by atoms with E-state index in [-0.39, 0.29) is 24.7 Å². The molecule has 0 amide bonds. The van der Waals surface area contributed by atoms with Crippen molar-refractivity contribution in [1.29, 1.82) is 5.26 Å². The van der Waals surface area contributed by atoms with Crippen molar-refractivity contribution in [2.24, 2.45) is 11.3 Å². The summed E-state index contributed by atoms with van der Waals surface area (Å²) in [6.45, 7) is 12.2. The van der Waals surface area contributed by atoms with Gasteiger partial charge in [-0.15, -0.1) is 11.3 Å². The Kier molecular flexibility index (Phi) is 8.02. The third-order valence-electron chi connectivity index (χ3n) is 5.11. The lowest BCUT2D eigenvalue weighted by molar-refractivity contribution is -0.288. The van der Waals surface area contributed by atoms with Crippen LogP contribution in [0.25, 0.3) is 0 Å². The van der Waals surface area contributed by atoms with Crippen LogP contribution in [0.3, 0.4) is 0 Å². The maximum Gasteiger partial charge on any atom is 0.106 e. The summed E-state index contributed by atoms with van der Waals surface area (Å²) in [5.74, 6) is 0.278. The lowest BCUT2D eigenvalue weighted by Gasteiger charge is -2.45. The highest BCUT2D eigenvalue weighted by atomic mass is 32.1. The van der Waals surface area contributed by atoms with Crippen molar-refractivity contribution >= 4 is 11.3 Å². The number of nitrogens with zero attached hydrogens (tertiary/aromatic N) is 2. The Labute approximate surface area is 179 Å². The minimum Gasteiger partial charge on any atom is -0.394 e. The quantitative estimate of drug-likeness (QED) is 0.475. The van der Waals surface area contributed by atoms with Crippen LogP contribution in [0.15, 0.2) is 47.8 Å². The maximum absolute atomic E-state index is 10.2. The van der Waals surface area contributed by atoms with E-state index >= 15 is 0 Å². The Morgan fingerprint density at radius 3 is 2.24 bits per heavy atom. The first-order chi connectivity index (χ1) is 13.6. The van der Waals surface area contributed by atoms with Crippen molar-refractivity contribution in [2.75, 3.05) is 6.61 Å². The Morgan fingerprint density at radius 1 is 1.10 bits per heavy atom. The van der Waals surface area contributed by atoms with E-state index in [1.165, 1.54) is 4.88 Å². The predicted molar refractivity (Wildman–Crippen MR) is 119 cm³/mol. The molecule has 0 bridgehead atoms. The summed E-state index contributed by atoms with van der Waals surface area (Å²) in [6, 6.07) is 16.6. The zero-order valence-corrected chi connectivity index (χ0v) is 19.2. The normalized spacial score (nSPS) is 14.8. The summed E-state index contributed by atoms with van der Waals surface area (Å²) in [5.41, 5.74) is -0.0996. The zero-order chi connectivity index (χ0) is 21.7. The monoisotopic (exact) mass is 414 g/mol. The van der Waals surface area contributed by atoms with Crippen molar-refractivity contribution in [3.05, 3.63) is 58.3 Å². The highest BCUT2D eigenvalue weighted by Gasteiger charge is 2.39. The van der Waals surface area contributed by atoms with Gasteiger partial charge in [-0.3, -0.25) is 4.84 Å². The standard InChI is InChI=1S/C24H34N2O2S/c1-18(2)22(21-13-10-14-29-21)26(24(5,6)17-27)28-20(15-23(3,4)16-25)19-11-8-7-9-12-19/h7-14,18,20,22,27H,15,17H2,1-6H3. The molecule has 2 aromatic rings. The Bertz CT molecular complexity index is 779. The van der Waals surface area contributed by atoms with Gasteiger partial charge in [-0.1, -0.05) is 50.2 Å². The highest BCUT2D eigenvalue weighted by Crippen LogP contribution is 2.41. The molecule has 5 heteroatoms. The van der Waals surface area contributed by atoms with Crippen LogP contribution in [0.2, 0.25) is 0 Å². The molecule has 29 heavy (non-hydrogen) atoms. The first kappa shape index (κ1) is 23.6. The summed E-state index contributed by atoms with van der Waals surface area (Å²) < 4.78 is 0.